The van der Waals surface area contributed by atoms with E-state index in [-0.39, 0.29) is 5.91 Å². The zero-order valence-corrected chi connectivity index (χ0v) is 21.2. The third-order valence-electron chi connectivity index (χ3n) is 6.20. The summed E-state index contributed by atoms with van der Waals surface area (Å²) in [5.74, 6) is 1.07. The number of para-hydroxylation sites is 1. The van der Waals surface area contributed by atoms with Crippen LogP contribution in [0.4, 0.5) is 5.69 Å². The van der Waals surface area contributed by atoms with Crippen molar-refractivity contribution in [1.29, 1.82) is 0 Å². The fourth-order valence-electron chi connectivity index (χ4n) is 4.38. The number of nitrogens with zero attached hydrogens (tertiary/aromatic N) is 2. The third-order valence-corrected chi connectivity index (χ3v) is 6.20. The van der Waals surface area contributed by atoms with Gasteiger partial charge in [-0.05, 0) is 47.9 Å². The minimum absolute atomic E-state index is 0.191. The molecule has 0 N–H and O–H groups in total. The predicted molar refractivity (Wildman–Crippen MR) is 153 cm³/mol. The number of methoxy groups -OCH3 is 1. The second kappa shape index (κ2) is 11.4. The first-order chi connectivity index (χ1) is 18.7. The molecule has 5 nitrogen and oxygen atoms in total. The molecule has 0 saturated carbocycles. The Morgan fingerprint density at radius 1 is 0.895 bits per heavy atom. The van der Waals surface area contributed by atoms with Crippen molar-refractivity contribution in [2.45, 2.75) is 13.0 Å². The lowest BCUT2D eigenvalue weighted by Gasteiger charge is -2.16. The fourth-order valence-corrected chi connectivity index (χ4v) is 4.38. The summed E-state index contributed by atoms with van der Waals surface area (Å²) in [7, 11) is 1.62. The van der Waals surface area contributed by atoms with Crippen LogP contribution in [0.25, 0.3) is 6.08 Å². The number of hydrogen-bond acceptors (Lipinski definition) is 4. The number of hydrogen-bond donors (Lipinski definition) is 0. The average molecular weight is 501 g/mol. The molecule has 0 atom stereocenters. The van der Waals surface area contributed by atoms with E-state index in [9.17, 15) is 4.79 Å². The van der Waals surface area contributed by atoms with E-state index in [0.29, 0.717) is 41.5 Å². The summed E-state index contributed by atoms with van der Waals surface area (Å²) in [6.45, 7) is 4.33. The first-order valence-electron chi connectivity index (χ1n) is 12.4. The molecular formula is C33H28N2O3. The van der Waals surface area contributed by atoms with Crippen molar-refractivity contribution in [3.05, 3.63) is 144 Å². The largest absolute Gasteiger partial charge is 0.493 e. The molecule has 5 rings (SSSR count). The molecule has 1 amide bonds. The molecule has 5 heteroatoms. The van der Waals surface area contributed by atoms with Gasteiger partial charge in [0.1, 0.15) is 12.3 Å². The summed E-state index contributed by atoms with van der Waals surface area (Å²) >= 11 is 0. The van der Waals surface area contributed by atoms with E-state index in [2.05, 4.69) is 6.58 Å². The van der Waals surface area contributed by atoms with Crippen LogP contribution in [0.3, 0.4) is 0 Å². The molecule has 0 fully saturated rings. The van der Waals surface area contributed by atoms with Crippen molar-refractivity contribution in [3.8, 4) is 11.5 Å². The molecule has 1 aliphatic heterocycles. The number of carbonyl (C=O) groups is 1. The van der Waals surface area contributed by atoms with Crippen molar-refractivity contribution in [3.63, 3.8) is 0 Å². The van der Waals surface area contributed by atoms with Gasteiger partial charge in [-0.2, -0.15) is 10.1 Å². The van der Waals surface area contributed by atoms with Gasteiger partial charge in [0.15, 0.2) is 11.5 Å². The Morgan fingerprint density at radius 3 is 2.21 bits per heavy atom. The highest BCUT2D eigenvalue weighted by atomic mass is 16.5. The van der Waals surface area contributed by atoms with Crippen molar-refractivity contribution < 1.29 is 14.3 Å². The van der Waals surface area contributed by atoms with Gasteiger partial charge in [0, 0.05) is 11.1 Å². The van der Waals surface area contributed by atoms with Crippen LogP contribution in [0, 0.1) is 0 Å². The number of allylic oxidation sites excluding steroid dienone is 1. The van der Waals surface area contributed by atoms with Crippen LogP contribution in [0.1, 0.15) is 22.3 Å². The maximum atomic E-state index is 13.7. The van der Waals surface area contributed by atoms with Gasteiger partial charge in [0.05, 0.1) is 18.4 Å². The Hall–Kier alpha value is -4.90. The number of ether oxygens (including phenoxy) is 2. The summed E-state index contributed by atoms with van der Waals surface area (Å²) in [6.07, 6.45) is 4.28. The third kappa shape index (κ3) is 5.27. The second-order valence-electron chi connectivity index (χ2n) is 8.80. The molecule has 0 radical (unpaired) electrons. The van der Waals surface area contributed by atoms with Gasteiger partial charge in [-0.1, -0.05) is 84.9 Å². The average Bonchev–Trinajstić information content (AvgIpc) is 3.29. The maximum absolute atomic E-state index is 13.7. The van der Waals surface area contributed by atoms with Crippen molar-refractivity contribution in [2.24, 2.45) is 5.10 Å². The summed E-state index contributed by atoms with van der Waals surface area (Å²) in [5.41, 5.74) is 5.50. The molecule has 1 heterocycles. The summed E-state index contributed by atoms with van der Waals surface area (Å²) in [4.78, 5) is 13.7. The number of hydrazone groups is 1. The lowest BCUT2D eigenvalue weighted by Crippen LogP contribution is -2.21. The molecular weight excluding hydrogens is 472 g/mol. The smallest absolute Gasteiger partial charge is 0.281 e. The number of anilines is 1. The highest BCUT2D eigenvalue weighted by Crippen LogP contribution is 2.36. The van der Waals surface area contributed by atoms with Crippen LogP contribution in [-0.4, -0.2) is 18.7 Å². The van der Waals surface area contributed by atoms with Gasteiger partial charge in [-0.15, -0.1) is 6.58 Å². The Kier molecular flexibility index (Phi) is 7.46. The van der Waals surface area contributed by atoms with Gasteiger partial charge in [0.25, 0.3) is 5.91 Å². The van der Waals surface area contributed by atoms with Gasteiger partial charge in [-0.3, -0.25) is 4.79 Å². The monoisotopic (exact) mass is 500 g/mol. The van der Waals surface area contributed by atoms with E-state index in [4.69, 9.17) is 14.6 Å². The predicted octanol–water partition coefficient (Wildman–Crippen LogP) is 6.84. The molecule has 0 spiro atoms. The quantitative estimate of drug-likeness (QED) is 0.187. The van der Waals surface area contributed by atoms with Gasteiger partial charge < -0.3 is 9.47 Å². The van der Waals surface area contributed by atoms with Crippen LogP contribution in [0.15, 0.2) is 126 Å². The van der Waals surface area contributed by atoms with E-state index in [1.807, 2.05) is 115 Å². The number of amides is 1. The van der Waals surface area contributed by atoms with E-state index in [0.717, 1.165) is 22.3 Å². The topological polar surface area (TPSA) is 51.1 Å². The molecule has 0 unspecified atom stereocenters. The number of benzene rings is 4. The summed E-state index contributed by atoms with van der Waals surface area (Å²) in [6, 6.07) is 33.1. The molecule has 38 heavy (non-hydrogen) atoms. The van der Waals surface area contributed by atoms with E-state index in [1.54, 1.807) is 7.11 Å². The SMILES string of the molecule is C=CCc1cc(/C=C2\C(=O)N(c3ccccc3)N=C2c2ccccc2)cc(OC)c1OCc1ccccc1. The van der Waals surface area contributed by atoms with Gasteiger partial charge in [-0.25, -0.2) is 0 Å². The Labute approximate surface area is 223 Å². The maximum Gasteiger partial charge on any atom is 0.281 e. The zero-order chi connectivity index (χ0) is 26.3. The van der Waals surface area contributed by atoms with E-state index < -0.39 is 0 Å². The Balaban J connectivity index is 1.56. The minimum atomic E-state index is -0.191. The van der Waals surface area contributed by atoms with E-state index >= 15 is 0 Å². The van der Waals surface area contributed by atoms with E-state index in [1.165, 1.54) is 5.01 Å². The van der Waals surface area contributed by atoms with Crippen LogP contribution in [0.5, 0.6) is 11.5 Å². The molecule has 0 aromatic heterocycles. The van der Waals surface area contributed by atoms with Gasteiger partial charge >= 0.3 is 0 Å². The molecule has 1 aliphatic rings. The number of rotatable bonds is 9. The fraction of sp³-hybridized carbons (Fsp3) is 0.0909. The Bertz CT molecular complexity index is 1490. The molecule has 188 valence electrons. The molecule has 0 aliphatic carbocycles. The summed E-state index contributed by atoms with van der Waals surface area (Å²) in [5, 5.41) is 6.18. The zero-order valence-electron chi connectivity index (χ0n) is 21.2. The highest BCUT2D eigenvalue weighted by Gasteiger charge is 2.32. The highest BCUT2D eigenvalue weighted by molar-refractivity contribution is 6.37. The molecule has 4 aromatic rings. The van der Waals surface area contributed by atoms with Crippen molar-refractivity contribution in [1.82, 2.24) is 0 Å². The lowest BCUT2D eigenvalue weighted by molar-refractivity contribution is -0.114. The van der Waals surface area contributed by atoms with Crippen molar-refractivity contribution in [2.75, 3.05) is 12.1 Å². The lowest BCUT2D eigenvalue weighted by atomic mass is 9.98. The molecule has 0 bridgehead atoms. The van der Waals surface area contributed by atoms with Crippen LogP contribution < -0.4 is 14.5 Å². The Morgan fingerprint density at radius 2 is 1.55 bits per heavy atom. The van der Waals surface area contributed by atoms with Crippen LogP contribution in [0.2, 0.25) is 0 Å². The first kappa shape index (κ1) is 24.8. The standard InChI is InChI=1S/C33H28N2O3/c1-3-13-27-20-25(22-30(37-2)32(27)38-23-24-14-7-4-8-15-24)21-29-31(26-16-9-5-10-17-26)34-35(33(29)36)28-18-11-6-12-19-28/h3-12,14-22H,1,13,23H2,2H3/b29-21-. The molecule has 4 aromatic carbocycles. The van der Waals surface area contributed by atoms with Crippen LogP contribution in [-0.2, 0) is 17.8 Å². The first-order valence-corrected chi connectivity index (χ1v) is 12.4. The second-order valence-corrected chi connectivity index (χ2v) is 8.80. The van der Waals surface area contributed by atoms with Crippen molar-refractivity contribution >= 4 is 23.4 Å². The number of carbonyl (C=O) groups excluding carboxylic acids is 1. The molecule has 0 saturated heterocycles. The normalized spacial score (nSPS) is 13.9. The van der Waals surface area contributed by atoms with Gasteiger partial charge in [0.2, 0.25) is 0 Å². The minimum Gasteiger partial charge on any atom is -0.493 e. The van der Waals surface area contributed by atoms with Crippen LogP contribution >= 0.6 is 0 Å². The summed E-state index contributed by atoms with van der Waals surface area (Å²) < 4.78 is 12.0.